The molecular weight excluding hydrogens is 200 g/mol. The Kier molecular flexibility index (Phi) is 4.51. The van der Waals surface area contributed by atoms with Crippen LogP contribution in [0.1, 0.15) is 45.5 Å². The van der Waals surface area contributed by atoms with Gasteiger partial charge in [0.15, 0.2) is 0 Å². The van der Waals surface area contributed by atoms with E-state index in [-0.39, 0.29) is 11.5 Å². The Labute approximate surface area is 97.1 Å². The van der Waals surface area contributed by atoms with E-state index >= 15 is 0 Å². The first kappa shape index (κ1) is 12.7. The number of rotatable bonds is 6. The molecule has 0 saturated carbocycles. The molecule has 0 bridgehead atoms. The monoisotopic (exact) mass is 220 g/mol. The van der Waals surface area contributed by atoms with Crippen molar-refractivity contribution >= 4 is 0 Å². The normalized spacial score (nSPS) is 13.4. The molecule has 16 heavy (non-hydrogen) atoms. The van der Waals surface area contributed by atoms with E-state index in [1.165, 1.54) is 0 Å². The van der Waals surface area contributed by atoms with E-state index in [0.29, 0.717) is 6.42 Å². The lowest BCUT2D eigenvalue weighted by atomic mass is 9.88. The average molecular weight is 220 g/mol. The van der Waals surface area contributed by atoms with Gasteiger partial charge in [-0.2, -0.15) is 5.26 Å². The molecular formula is C12H20N4. The Hall–Kier alpha value is -1.34. The van der Waals surface area contributed by atoms with Gasteiger partial charge in [-0.05, 0) is 18.8 Å². The molecule has 0 amide bonds. The fraction of sp³-hybridized carbons (Fsp3) is 0.667. The molecule has 0 aliphatic rings. The maximum atomic E-state index is 8.57. The number of imidazole rings is 1. The van der Waals surface area contributed by atoms with Crippen LogP contribution in [-0.4, -0.2) is 16.5 Å². The molecule has 88 valence electrons. The fourth-order valence-corrected chi connectivity index (χ4v) is 1.52. The van der Waals surface area contributed by atoms with E-state index in [0.717, 1.165) is 18.8 Å². The zero-order valence-electron chi connectivity index (χ0n) is 10.2. The van der Waals surface area contributed by atoms with Crippen molar-refractivity contribution in [2.45, 2.75) is 39.7 Å². The molecule has 1 heterocycles. The smallest absolute Gasteiger partial charge is 0.122 e. The van der Waals surface area contributed by atoms with Crippen LogP contribution in [-0.2, 0) is 0 Å². The van der Waals surface area contributed by atoms with Crippen molar-refractivity contribution < 1.29 is 0 Å². The molecule has 0 spiro atoms. The second-order valence-electron chi connectivity index (χ2n) is 4.90. The number of nitrogens with zero attached hydrogens (tertiary/aromatic N) is 2. The van der Waals surface area contributed by atoms with Crippen LogP contribution in [0.15, 0.2) is 12.4 Å². The molecule has 0 fully saturated rings. The zero-order chi connectivity index (χ0) is 12.0. The number of hydrogen-bond acceptors (Lipinski definition) is 3. The Morgan fingerprint density at radius 1 is 1.62 bits per heavy atom. The lowest BCUT2D eigenvalue weighted by molar-refractivity contribution is 0.302. The van der Waals surface area contributed by atoms with Crippen LogP contribution in [0.2, 0.25) is 0 Å². The molecule has 0 saturated heterocycles. The Bertz CT molecular complexity index is 334. The molecule has 1 atom stereocenters. The van der Waals surface area contributed by atoms with Crippen molar-refractivity contribution in [1.82, 2.24) is 15.3 Å². The molecule has 4 heteroatoms. The first-order chi connectivity index (χ1) is 7.55. The minimum Gasteiger partial charge on any atom is -0.347 e. The van der Waals surface area contributed by atoms with Gasteiger partial charge in [-0.1, -0.05) is 13.8 Å². The van der Waals surface area contributed by atoms with E-state index < -0.39 is 0 Å². The quantitative estimate of drug-likeness (QED) is 0.773. The van der Waals surface area contributed by atoms with E-state index in [9.17, 15) is 0 Å². The van der Waals surface area contributed by atoms with E-state index in [4.69, 9.17) is 5.26 Å². The summed E-state index contributed by atoms with van der Waals surface area (Å²) in [4.78, 5) is 7.30. The molecule has 0 aliphatic heterocycles. The summed E-state index contributed by atoms with van der Waals surface area (Å²) in [5.41, 5.74) is 0.149. The lowest BCUT2D eigenvalue weighted by Crippen LogP contribution is -2.31. The summed E-state index contributed by atoms with van der Waals surface area (Å²) >= 11 is 0. The van der Waals surface area contributed by atoms with Gasteiger partial charge in [-0.25, -0.2) is 4.98 Å². The van der Waals surface area contributed by atoms with Crippen molar-refractivity contribution in [1.29, 1.82) is 5.26 Å². The van der Waals surface area contributed by atoms with Gasteiger partial charge in [0.05, 0.1) is 12.1 Å². The summed E-state index contributed by atoms with van der Waals surface area (Å²) in [6, 6.07) is 2.41. The topological polar surface area (TPSA) is 64.5 Å². The van der Waals surface area contributed by atoms with Crippen molar-refractivity contribution in [2.24, 2.45) is 5.41 Å². The summed E-state index contributed by atoms with van der Waals surface area (Å²) in [5, 5.41) is 12.0. The third-order valence-electron chi connectivity index (χ3n) is 2.73. The zero-order valence-corrected chi connectivity index (χ0v) is 10.2. The van der Waals surface area contributed by atoms with E-state index in [1.54, 1.807) is 6.20 Å². The molecule has 0 aliphatic carbocycles. The third-order valence-corrected chi connectivity index (χ3v) is 2.73. The van der Waals surface area contributed by atoms with Gasteiger partial charge >= 0.3 is 0 Å². The third kappa shape index (κ3) is 4.03. The highest BCUT2D eigenvalue weighted by Gasteiger charge is 2.19. The van der Waals surface area contributed by atoms with Crippen LogP contribution >= 0.6 is 0 Å². The van der Waals surface area contributed by atoms with Gasteiger partial charge in [0, 0.05) is 25.4 Å². The number of aromatic nitrogens is 2. The van der Waals surface area contributed by atoms with Gasteiger partial charge in [0.2, 0.25) is 0 Å². The van der Waals surface area contributed by atoms with Gasteiger partial charge < -0.3 is 10.3 Å². The van der Waals surface area contributed by atoms with E-state index in [2.05, 4.69) is 42.1 Å². The standard InChI is InChI=1S/C12H20N4/c1-10(11-14-7-8-15-11)16-9-12(2,3)5-4-6-13/h7-8,10,16H,4-5,9H2,1-3H3,(H,14,15). The van der Waals surface area contributed by atoms with Gasteiger partial charge in [0.25, 0.3) is 0 Å². The molecule has 1 aromatic rings. The lowest BCUT2D eigenvalue weighted by Gasteiger charge is -2.25. The van der Waals surface area contributed by atoms with Crippen LogP contribution in [0.3, 0.4) is 0 Å². The highest BCUT2D eigenvalue weighted by atomic mass is 15.0. The second-order valence-corrected chi connectivity index (χ2v) is 4.90. The summed E-state index contributed by atoms with van der Waals surface area (Å²) < 4.78 is 0. The molecule has 1 aromatic heterocycles. The number of aromatic amines is 1. The van der Waals surface area contributed by atoms with Crippen LogP contribution in [0.25, 0.3) is 0 Å². The average Bonchev–Trinajstić information content (AvgIpc) is 2.77. The first-order valence-corrected chi connectivity index (χ1v) is 5.65. The molecule has 2 N–H and O–H groups in total. The number of nitriles is 1. The summed E-state index contributed by atoms with van der Waals surface area (Å²) in [5.74, 6) is 0.955. The first-order valence-electron chi connectivity index (χ1n) is 5.65. The van der Waals surface area contributed by atoms with Crippen LogP contribution in [0.4, 0.5) is 0 Å². The largest absolute Gasteiger partial charge is 0.347 e. The minimum absolute atomic E-state index is 0.149. The SMILES string of the molecule is CC(NCC(C)(C)CCC#N)c1ncc[nH]1. The minimum atomic E-state index is 0.149. The molecule has 4 nitrogen and oxygen atoms in total. The molecule has 0 aromatic carbocycles. The molecule has 1 unspecified atom stereocenters. The van der Waals surface area contributed by atoms with Crippen LogP contribution in [0, 0.1) is 16.7 Å². The molecule has 0 radical (unpaired) electrons. The van der Waals surface area contributed by atoms with Crippen molar-refractivity contribution in [3.05, 3.63) is 18.2 Å². The number of H-pyrrole nitrogens is 1. The predicted molar refractivity (Wildman–Crippen MR) is 63.6 cm³/mol. The summed E-state index contributed by atoms with van der Waals surface area (Å²) in [7, 11) is 0. The van der Waals surface area contributed by atoms with Crippen molar-refractivity contribution in [3.63, 3.8) is 0 Å². The Morgan fingerprint density at radius 3 is 2.94 bits per heavy atom. The maximum Gasteiger partial charge on any atom is 0.122 e. The number of hydrogen-bond donors (Lipinski definition) is 2. The van der Waals surface area contributed by atoms with Crippen LogP contribution in [0.5, 0.6) is 0 Å². The Balaban J connectivity index is 2.36. The van der Waals surface area contributed by atoms with Gasteiger partial charge in [0.1, 0.15) is 5.82 Å². The number of nitrogens with one attached hydrogen (secondary N) is 2. The Morgan fingerprint density at radius 2 is 2.38 bits per heavy atom. The fourth-order valence-electron chi connectivity index (χ4n) is 1.52. The summed E-state index contributed by atoms with van der Waals surface area (Å²) in [6.07, 6.45) is 5.12. The maximum absolute atomic E-state index is 8.57. The predicted octanol–water partition coefficient (Wildman–Crippen LogP) is 2.39. The molecule has 1 rings (SSSR count). The van der Waals surface area contributed by atoms with Crippen molar-refractivity contribution in [3.8, 4) is 6.07 Å². The highest BCUT2D eigenvalue weighted by molar-refractivity contribution is 4.94. The second kappa shape index (κ2) is 5.66. The highest BCUT2D eigenvalue weighted by Crippen LogP contribution is 2.21. The summed E-state index contributed by atoms with van der Waals surface area (Å²) in [6.45, 7) is 7.31. The van der Waals surface area contributed by atoms with Gasteiger partial charge in [-0.15, -0.1) is 0 Å². The van der Waals surface area contributed by atoms with Gasteiger partial charge in [-0.3, -0.25) is 0 Å². The van der Waals surface area contributed by atoms with E-state index in [1.807, 2.05) is 6.20 Å². The van der Waals surface area contributed by atoms with Crippen molar-refractivity contribution in [2.75, 3.05) is 6.54 Å². The van der Waals surface area contributed by atoms with Crippen LogP contribution < -0.4 is 5.32 Å².